The van der Waals surface area contributed by atoms with Crippen molar-refractivity contribution in [3.8, 4) is 0 Å². The van der Waals surface area contributed by atoms with E-state index in [-0.39, 0.29) is 11.9 Å². The average molecular weight is 263 g/mol. The summed E-state index contributed by atoms with van der Waals surface area (Å²) in [6.45, 7) is 7.78. The highest BCUT2D eigenvalue weighted by Gasteiger charge is 2.29. The number of carbonyl (C=O) groups is 1. The fraction of sp³-hybridized carbons (Fsp3) is 0.733. The number of carbonyl (C=O) groups excluding carboxylic acids is 1. The number of hydrogen-bond acceptors (Lipinski definition) is 3. The predicted octanol–water partition coefficient (Wildman–Crippen LogP) is 1.62. The monoisotopic (exact) mass is 263 g/mol. The first-order valence-corrected chi connectivity index (χ1v) is 7.47. The fourth-order valence-corrected chi connectivity index (χ4v) is 2.81. The number of likely N-dealkylation sites (N-methyl/N-ethyl adjacent to an activating group) is 1. The minimum Gasteiger partial charge on any atom is -0.354 e. The van der Waals surface area contributed by atoms with E-state index in [0.717, 1.165) is 44.6 Å². The zero-order chi connectivity index (χ0) is 13.7. The fourth-order valence-electron chi connectivity index (χ4n) is 2.81. The molecule has 1 N–H and O–H groups in total. The van der Waals surface area contributed by atoms with E-state index in [4.69, 9.17) is 0 Å². The molecule has 1 fully saturated rings. The first-order valence-electron chi connectivity index (χ1n) is 7.47. The third-order valence-electron chi connectivity index (χ3n) is 4.06. The number of hydrogen-bond donors (Lipinski definition) is 1. The van der Waals surface area contributed by atoms with E-state index in [9.17, 15) is 4.79 Å². The van der Waals surface area contributed by atoms with Gasteiger partial charge >= 0.3 is 0 Å². The van der Waals surface area contributed by atoms with Crippen LogP contribution in [0, 0.1) is 5.92 Å². The van der Waals surface area contributed by atoms with Gasteiger partial charge in [-0.1, -0.05) is 19.9 Å². The van der Waals surface area contributed by atoms with Gasteiger partial charge in [-0.3, -0.25) is 14.7 Å². The zero-order valence-electron chi connectivity index (χ0n) is 12.1. The summed E-state index contributed by atoms with van der Waals surface area (Å²) in [5, 5.41) is 3.09. The van der Waals surface area contributed by atoms with Crippen molar-refractivity contribution in [3.05, 3.63) is 12.2 Å². The predicted molar refractivity (Wildman–Crippen MR) is 78.5 cm³/mol. The molecule has 0 aromatic heterocycles. The van der Waals surface area contributed by atoms with Gasteiger partial charge < -0.3 is 5.32 Å². The molecule has 2 heterocycles. The molecule has 0 radical (unpaired) electrons. The molecule has 2 atom stereocenters. The van der Waals surface area contributed by atoms with E-state index in [1.165, 1.54) is 0 Å². The zero-order valence-corrected chi connectivity index (χ0v) is 12.1. The largest absolute Gasteiger partial charge is 0.354 e. The number of rotatable bonds is 5. The van der Waals surface area contributed by atoms with E-state index < -0.39 is 0 Å². The molecule has 2 aliphatic rings. The van der Waals surface area contributed by atoms with Gasteiger partial charge in [0, 0.05) is 24.7 Å². The van der Waals surface area contributed by atoms with Crippen LogP contribution in [0.15, 0.2) is 17.1 Å². The summed E-state index contributed by atoms with van der Waals surface area (Å²) in [7, 11) is 0. The number of allylic oxidation sites excluding steroid dienone is 1. The highest BCUT2D eigenvalue weighted by Crippen LogP contribution is 2.16. The summed E-state index contributed by atoms with van der Waals surface area (Å²) < 4.78 is 0. The molecule has 0 bridgehead atoms. The molecule has 0 aromatic rings. The van der Waals surface area contributed by atoms with Gasteiger partial charge in [-0.25, -0.2) is 0 Å². The highest BCUT2D eigenvalue weighted by atomic mass is 16.2. The van der Waals surface area contributed by atoms with Gasteiger partial charge in [0.1, 0.15) is 0 Å². The lowest BCUT2D eigenvalue weighted by Crippen LogP contribution is -2.44. The van der Waals surface area contributed by atoms with Crippen LogP contribution < -0.4 is 5.32 Å². The van der Waals surface area contributed by atoms with Crippen molar-refractivity contribution < 1.29 is 4.79 Å². The van der Waals surface area contributed by atoms with Crippen molar-refractivity contribution >= 4 is 11.6 Å². The number of likely N-dealkylation sites (tertiary alicyclic amines) is 1. The second-order valence-electron chi connectivity index (χ2n) is 5.34. The standard InChI is InChI=1S/C15H25N3O/c1-3-13-8-7-12(10-16-13)11-17-15(19)14-6-5-9-18(14)4-2/h7-8,12,14H,3-6,9-11H2,1-2H3,(H,17,19)/t12?,14-/m0/s1. The summed E-state index contributed by atoms with van der Waals surface area (Å²) in [6, 6.07) is 0.0901. The molecule has 0 spiro atoms. The molecule has 1 saturated heterocycles. The van der Waals surface area contributed by atoms with E-state index in [1.807, 2.05) is 0 Å². The van der Waals surface area contributed by atoms with Gasteiger partial charge in [0.15, 0.2) is 0 Å². The Morgan fingerprint density at radius 3 is 3.00 bits per heavy atom. The van der Waals surface area contributed by atoms with Crippen molar-refractivity contribution in [2.45, 2.75) is 39.2 Å². The molecule has 4 nitrogen and oxygen atoms in total. The van der Waals surface area contributed by atoms with Crippen LogP contribution in [0.3, 0.4) is 0 Å². The van der Waals surface area contributed by atoms with E-state index in [0.29, 0.717) is 12.5 Å². The quantitative estimate of drug-likeness (QED) is 0.819. The van der Waals surface area contributed by atoms with Crippen LogP contribution in [-0.4, -0.2) is 48.7 Å². The average Bonchev–Trinajstić information content (AvgIpc) is 2.93. The Morgan fingerprint density at radius 1 is 1.53 bits per heavy atom. The summed E-state index contributed by atoms with van der Waals surface area (Å²) in [5.41, 5.74) is 1.16. The lowest BCUT2D eigenvalue weighted by molar-refractivity contribution is -0.125. The van der Waals surface area contributed by atoms with Crippen molar-refractivity contribution in [2.75, 3.05) is 26.2 Å². The smallest absolute Gasteiger partial charge is 0.237 e. The molecule has 0 saturated carbocycles. The van der Waals surface area contributed by atoms with Gasteiger partial charge in [-0.2, -0.15) is 0 Å². The number of amides is 1. The van der Waals surface area contributed by atoms with Crippen molar-refractivity contribution in [1.82, 2.24) is 10.2 Å². The summed E-state index contributed by atoms with van der Waals surface area (Å²) in [6.07, 6.45) is 7.40. The van der Waals surface area contributed by atoms with E-state index in [2.05, 4.69) is 41.2 Å². The van der Waals surface area contributed by atoms with Crippen LogP contribution in [-0.2, 0) is 4.79 Å². The Labute approximate surface area is 116 Å². The molecule has 0 aliphatic carbocycles. The van der Waals surface area contributed by atoms with Gasteiger partial charge in [-0.15, -0.1) is 0 Å². The molecule has 2 aliphatic heterocycles. The first kappa shape index (κ1) is 14.3. The first-order chi connectivity index (χ1) is 9.24. The van der Waals surface area contributed by atoms with Crippen molar-refractivity contribution in [1.29, 1.82) is 0 Å². The van der Waals surface area contributed by atoms with E-state index >= 15 is 0 Å². The lowest BCUT2D eigenvalue weighted by atomic mass is 10.0. The number of aliphatic imine (C=N–C) groups is 1. The number of nitrogens with one attached hydrogen (secondary N) is 1. The Kier molecular flexibility index (Phi) is 5.14. The molecular weight excluding hydrogens is 238 g/mol. The number of dihydropyridines is 1. The Balaban J connectivity index is 1.76. The van der Waals surface area contributed by atoms with Crippen LogP contribution in [0.5, 0.6) is 0 Å². The van der Waals surface area contributed by atoms with Crippen LogP contribution in [0.25, 0.3) is 0 Å². The van der Waals surface area contributed by atoms with Gasteiger partial charge in [0.2, 0.25) is 5.91 Å². The van der Waals surface area contributed by atoms with Crippen molar-refractivity contribution in [3.63, 3.8) is 0 Å². The molecule has 1 unspecified atom stereocenters. The maximum atomic E-state index is 12.2. The van der Waals surface area contributed by atoms with Crippen LogP contribution >= 0.6 is 0 Å². The van der Waals surface area contributed by atoms with E-state index in [1.54, 1.807) is 0 Å². The Bertz CT molecular complexity index is 376. The number of nitrogens with zero attached hydrogens (tertiary/aromatic N) is 2. The molecule has 106 valence electrons. The topological polar surface area (TPSA) is 44.7 Å². The maximum absolute atomic E-state index is 12.2. The molecule has 0 aromatic carbocycles. The normalized spacial score (nSPS) is 27.4. The summed E-state index contributed by atoms with van der Waals surface area (Å²) in [5.74, 6) is 0.550. The second-order valence-corrected chi connectivity index (χ2v) is 5.34. The highest BCUT2D eigenvalue weighted by molar-refractivity contribution is 5.95. The Morgan fingerprint density at radius 2 is 2.37 bits per heavy atom. The molecular formula is C15H25N3O. The Hall–Kier alpha value is -1.16. The molecule has 19 heavy (non-hydrogen) atoms. The minimum atomic E-state index is 0.0901. The summed E-state index contributed by atoms with van der Waals surface area (Å²) >= 11 is 0. The third kappa shape index (κ3) is 3.66. The van der Waals surface area contributed by atoms with Crippen molar-refractivity contribution in [2.24, 2.45) is 10.9 Å². The van der Waals surface area contributed by atoms with Crippen LogP contribution in [0.2, 0.25) is 0 Å². The molecule has 4 heteroatoms. The second kappa shape index (κ2) is 6.85. The lowest BCUT2D eigenvalue weighted by Gasteiger charge is -2.23. The van der Waals surface area contributed by atoms with Crippen LogP contribution in [0.1, 0.15) is 33.1 Å². The van der Waals surface area contributed by atoms with Gasteiger partial charge in [0.05, 0.1) is 6.04 Å². The SMILES string of the molecule is CCC1=NCC(CNC(=O)[C@@H]2CCCN2CC)C=C1. The molecule has 1 amide bonds. The van der Waals surface area contributed by atoms with Gasteiger partial charge in [-0.05, 0) is 38.4 Å². The van der Waals surface area contributed by atoms with Crippen LogP contribution in [0.4, 0.5) is 0 Å². The van der Waals surface area contributed by atoms with Gasteiger partial charge in [0.25, 0.3) is 0 Å². The minimum absolute atomic E-state index is 0.0901. The maximum Gasteiger partial charge on any atom is 0.237 e. The molecule has 2 rings (SSSR count). The summed E-state index contributed by atoms with van der Waals surface area (Å²) in [4.78, 5) is 18.9. The third-order valence-corrected chi connectivity index (χ3v) is 4.06.